The number of methoxy groups -OCH3 is 1. The van der Waals surface area contributed by atoms with Crippen LogP contribution in [0.15, 0.2) is 18.2 Å². The number of amides is 1. The third-order valence-corrected chi connectivity index (χ3v) is 2.81. The van der Waals surface area contributed by atoms with Crippen molar-refractivity contribution in [3.05, 3.63) is 29.6 Å². The normalized spacial score (nSPS) is 12.0. The van der Waals surface area contributed by atoms with Crippen LogP contribution in [-0.2, 0) is 0 Å². The lowest BCUT2D eigenvalue weighted by Gasteiger charge is -2.15. The number of halogens is 2. The van der Waals surface area contributed by atoms with E-state index in [2.05, 4.69) is 5.32 Å². The number of carbonyl (C=O) groups excluding carboxylic acids is 1. The number of ether oxygens (including phenoxy) is 1. The first-order chi connectivity index (χ1) is 8.13. The lowest BCUT2D eigenvalue weighted by Crippen LogP contribution is -2.36. The second-order valence-corrected chi connectivity index (χ2v) is 3.86. The summed E-state index contributed by atoms with van der Waals surface area (Å²) >= 11 is 5.67. The molecule has 1 unspecified atom stereocenters. The summed E-state index contributed by atoms with van der Waals surface area (Å²) in [6.45, 7) is 1.89. The van der Waals surface area contributed by atoms with Gasteiger partial charge >= 0.3 is 0 Å². The topological polar surface area (TPSA) is 38.3 Å². The molecule has 1 atom stereocenters. The molecule has 0 heterocycles. The fourth-order valence-electron chi connectivity index (χ4n) is 1.40. The smallest absolute Gasteiger partial charge is 0.258 e. The maximum atomic E-state index is 13.6. The number of benzene rings is 1. The molecule has 1 aromatic rings. The lowest BCUT2D eigenvalue weighted by atomic mass is 10.1. The predicted molar refractivity (Wildman–Crippen MR) is 65.2 cm³/mol. The van der Waals surface area contributed by atoms with Crippen molar-refractivity contribution in [1.29, 1.82) is 0 Å². The highest BCUT2D eigenvalue weighted by atomic mass is 35.5. The third-order valence-electron chi connectivity index (χ3n) is 2.44. The molecule has 0 saturated heterocycles. The molecule has 0 aliphatic carbocycles. The molecule has 1 N–H and O–H groups in total. The summed E-state index contributed by atoms with van der Waals surface area (Å²) in [7, 11) is 1.39. The zero-order valence-corrected chi connectivity index (χ0v) is 10.6. The van der Waals surface area contributed by atoms with Crippen LogP contribution in [0.5, 0.6) is 5.75 Å². The Bertz CT molecular complexity index is 394. The average molecular weight is 260 g/mol. The fourth-order valence-corrected chi connectivity index (χ4v) is 1.70. The highest BCUT2D eigenvalue weighted by molar-refractivity contribution is 6.18. The second-order valence-electron chi connectivity index (χ2n) is 3.55. The molecule has 0 radical (unpaired) electrons. The van der Waals surface area contributed by atoms with Gasteiger partial charge in [-0.15, -0.1) is 11.6 Å². The van der Waals surface area contributed by atoms with Crippen molar-refractivity contribution >= 4 is 17.5 Å². The lowest BCUT2D eigenvalue weighted by molar-refractivity contribution is 0.0932. The summed E-state index contributed by atoms with van der Waals surface area (Å²) in [5.74, 6) is -0.607. The van der Waals surface area contributed by atoms with Gasteiger partial charge in [0.1, 0.15) is 17.1 Å². The number of alkyl halides is 1. The van der Waals surface area contributed by atoms with E-state index in [-0.39, 0.29) is 17.4 Å². The van der Waals surface area contributed by atoms with Gasteiger partial charge in [-0.25, -0.2) is 4.39 Å². The van der Waals surface area contributed by atoms with Crippen LogP contribution >= 0.6 is 11.6 Å². The van der Waals surface area contributed by atoms with Crippen LogP contribution in [0.1, 0.15) is 23.7 Å². The van der Waals surface area contributed by atoms with Crippen molar-refractivity contribution in [2.45, 2.75) is 19.4 Å². The number of rotatable bonds is 5. The van der Waals surface area contributed by atoms with Crippen LogP contribution in [0.4, 0.5) is 4.39 Å². The number of nitrogens with one attached hydrogen (secondary N) is 1. The van der Waals surface area contributed by atoms with E-state index >= 15 is 0 Å². The van der Waals surface area contributed by atoms with E-state index in [0.717, 1.165) is 0 Å². The van der Waals surface area contributed by atoms with Gasteiger partial charge in [-0.1, -0.05) is 13.0 Å². The van der Waals surface area contributed by atoms with E-state index in [1.54, 1.807) is 6.07 Å². The monoisotopic (exact) mass is 259 g/mol. The minimum absolute atomic E-state index is 0.0847. The molecular weight excluding hydrogens is 245 g/mol. The van der Waals surface area contributed by atoms with Gasteiger partial charge in [-0.3, -0.25) is 4.79 Å². The Morgan fingerprint density at radius 2 is 2.29 bits per heavy atom. The van der Waals surface area contributed by atoms with E-state index in [4.69, 9.17) is 16.3 Å². The first kappa shape index (κ1) is 13.8. The van der Waals surface area contributed by atoms with Crippen LogP contribution in [0.2, 0.25) is 0 Å². The van der Waals surface area contributed by atoms with Crippen molar-refractivity contribution in [3.63, 3.8) is 0 Å². The second kappa shape index (κ2) is 6.45. The predicted octanol–water partition coefficient (Wildman–Crippen LogP) is 2.58. The van der Waals surface area contributed by atoms with Crippen molar-refractivity contribution in [2.75, 3.05) is 13.0 Å². The molecule has 5 heteroatoms. The molecule has 0 spiro atoms. The molecule has 17 heavy (non-hydrogen) atoms. The van der Waals surface area contributed by atoms with Gasteiger partial charge in [0.15, 0.2) is 0 Å². The van der Waals surface area contributed by atoms with Gasteiger partial charge in [-0.2, -0.15) is 0 Å². The minimum atomic E-state index is -0.605. The summed E-state index contributed by atoms with van der Waals surface area (Å²) in [6, 6.07) is 4.08. The molecule has 0 aromatic heterocycles. The van der Waals surface area contributed by atoms with Crippen LogP contribution in [0.25, 0.3) is 0 Å². The van der Waals surface area contributed by atoms with Gasteiger partial charge in [0.2, 0.25) is 0 Å². The van der Waals surface area contributed by atoms with Gasteiger partial charge in [0.25, 0.3) is 5.91 Å². The zero-order chi connectivity index (χ0) is 12.8. The molecule has 94 valence electrons. The van der Waals surface area contributed by atoms with E-state index in [1.165, 1.54) is 19.2 Å². The SMILES string of the molecule is CCC(CCl)NC(=O)c1c(F)cccc1OC. The first-order valence-corrected chi connectivity index (χ1v) is 5.86. The minimum Gasteiger partial charge on any atom is -0.496 e. The summed E-state index contributed by atoms with van der Waals surface area (Å²) in [5, 5.41) is 2.66. The molecule has 1 rings (SSSR count). The standard InChI is InChI=1S/C12H15ClFNO2/c1-3-8(7-13)15-12(16)11-9(14)5-4-6-10(11)17-2/h4-6,8H,3,7H2,1-2H3,(H,15,16). The maximum Gasteiger partial charge on any atom is 0.258 e. The number of hydrogen-bond acceptors (Lipinski definition) is 2. The van der Waals surface area contributed by atoms with E-state index in [0.29, 0.717) is 12.3 Å². The summed E-state index contributed by atoms with van der Waals surface area (Å²) in [6.07, 6.45) is 0.687. The molecule has 0 fully saturated rings. The molecular formula is C12H15ClFNO2. The maximum absolute atomic E-state index is 13.6. The third kappa shape index (κ3) is 3.33. The Hall–Kier alpha value is -1.29. The van der Waals surface area contributed by atoms with Crippen LogP contribution in [0.3, 0.4) is 0 Å². The molecule has 0 saturated carbocycles. The number of carbonyl (C=O) groups is 1. The Balaban J connectivity index is 2.95. The van der Waals surface area contributed by atoms with Crippen molar-refractivity contribution in [2.24, 2.45) is 0 Å². The molecule has 3 nitrogen and oxygen atoms in total. The van der Waals surface area contributed by atoms with Crippen LogP contribution in [-0.4, -0.2) is 24.9 Å². The average Bonchev–Trinajstić information content (AvgIpc) is 2.35. The van der Waals surface area contributed by atoms with Gasteiger partial charge in [0, 0.05) is 11.9 Å². The molecule has 0 aliphatic rings. The molecule has 0 aliphatic heterocycles. The van der Waals surface area contributed by atoms with E-state index in [1.807, 2.05) is 6.92 Å². The molecule has 1 aromatic carbocycles. The molecule has 1 amide bonds. The number of hydrogen-bond donors (Lipinski definition) is 1. The molecule has 0 bridgehead atoms. The fraction of sp³-hybridized carbons (Fsp3) is 0.417. The first-order valence-electron chi connectivity index (χ1n) is 5.33. The van der Waals surface area contributed by atoms with Crippen molar-refractivity contribution in [1.82, 2.24) is 5.32 Å². The van der Waals surface area contributed by atoms with Crippen molar-refractivity contribution in [3.8, 4) is 5.75 Å². The quantitative estimate of drug-likeness (QED) is 0.826. The Morgan fingerprint density at radius 1 is 1.59 bits per heavy atom. The Morgan fingerprint density at radius 3 is 2.82 bits per heavy atom. The van der Waals surface area contributed by atoms with Gasteiger partial charge in [0.05, 0.1) is 7.11 Å². The highest BCUT2D eigenvalue weighted by Crippen LogP contribution is 2.21. The van der Waals surface area contributed by atoms with Crippen molar-refractivity contribution < 1.29 is 13.9 Å². The van der Waals surface area contributed by atoms with Gasteiger partial charge < -0.3 is 10.1 Å². The summed E-state index contributed by atoms with van der Waals surface area (Å²) in [4.78, 5) is 11.9. The van der Waals surface area contributed by atoms with Crippen LogP contribution < -0.4 is 10.1 Å². The van der Waals surface area contributed by atoms with E-state index in [9.17, 15) is 9.18 Å². The Labute approximate surface area is 105 Å². The zero-order valence-electron chi connectivity index (χ0n) is 9.80. The van der Waals surface area contributed by atoms with Crippen LogP contribution in [0, 0.1) is 5.82 Å². The van der Waals surface area contributed by atoms with E-state index < -0.39 is 11.7 Å². The largest absolute Gasteiger partial charge is 0.496 e. The summed E-state index contributed by atoms with van der Waals surface area (Å²) < 4.78 is 18.5. The Kier molecular flexibility index (Phi) is 5.22. The highest BCUT2D eigenvalue weighted by Gasteiger charge is 2.19. The summed E-state index contributed by atoms with van der Waals surface area (Å²) in [5.41, 5.74) is -0.0847. The van der Waals surface area contributed by atoms with Gasteiger partial charge in [-0.05, 0) is 18.6 Å².